The molecule has 0 amide bonds. The normalized spacial score (nSPS) is 28.2. The minimum absolute atomic E-state index is 0.306. The number of rotatable bonds is 14. The Balaban J connectivity index is 1.80. The van der Waals surface area contributed by atoms with Crippen LogP contribution >= 0.6 is 0 Å². The van der Waals surface area contributed by atoms with Gasteiger partial charge in [0.2, 0.25) is 0 Å². The topological polar surface area (TPSA) is 57.2 Å². The first kappa shape index (κ1) is 25.4. The zero-order chi connectivity index (χ0) is 22.1. The van der Waals surface area contributed by atoms with Gasteiger partial charge in [0.1, 0.15) is 0 Å². The number of hydrogen-bond donors (Lipinski definition) is 1. The van der Waals surface area contributed by atoms with E-state index < -0.39 is 37.3 Å². The molecule has 1 aromatic carbocycles. The zero-order valence-electron chi connectivity index (χ0n) is 19.6. The van der Waals surface area contributed by atoms with E-state index in [4.69, 9.17) is 17.3 Å². The van der Waals surface area contributed by atoms with Gasteiger partial charge in [-0.1, -0.05) is 0 Å². The van der Waals surface area contributed by atoms with Crippen LogP contribution in [0.3, 0.4) is 0 Å². The fraction of sp³-hybridized carbons (Fsp3) is 0.760. The van der Waals surface area contributed by atoms with Gasteiger partial charge >= 0.3 is 194 Å². The maximum atomic E-state index is 11.2. The third kappa shape index (κ3) is 6.90. The summed E-state index contributed by atoms with van der Waals surface area (Å²) in [5, 5.41) is 11.2. The number of aliphatic hydroxyl groups excluding tert-OH is 1. The van der Waals surface area contributed by atoms with Crippen LogP contribution in [-0.4, -0.2) is 61.2 Å². The molecule has 5 nitrogen and oxygen atoms in total. The molecule has 2 saturated heterocycles. The van der Waals surface area contributed by atoms with Crippen molar-refractivity contribution in [1.82, 2.24) is 0 Å². The zero-order valence-corrected chi connectivity index (χ0v) is 22.5. The van der Waals surface area contributed by atoms with Crippen molar-refractivity contribution in [2.24, 2.45) is 0 Å². The van der Waals surface area contributed by atoms with Crippen molar-refractivity contribution in [1.29, 1.82) is 0 Å². The van der Waals surface area contributed by atoms with Crippen LogP contribution in [0.4, 0.5) is 0 Å². The third-order valence-corrected chi connectivity index (χ3v) is 19.7. The molecule has 2 heterocycles. The van der Waals surface area contributed by atoms with Crippen LogP contribution in [-0.2, 0) is 23.9 Å². The summed E-state index contributed by atoms with van der Waals surface area (Å²) < 4.78 is 29.0. The van der Waals surface area contributed by atoms with Gasteiger partial charge in [0.25, 0.3) is 0 Å². The Kier molecular flexibility index (Phi) is 10.6. The van der Waals surface area contributed by atoms with Gasteiger partial charge in [-0.25, -0.2) is 0 Å². The second-order valence-corrected chi connectivity index (χ2v) is 20.9. The molecule has 2 bridgehead atoms. The molecule has 1 aromatic rings. The molecule has 2 aliphatic rings. The van der Waals surface area contributed by atoms with Crippen molar-refractivity contribution in [3.05, 3.63) is 35.9 Å². The molecular weight excluding hydrogens is 499 g/mol. The molecule has 5 atom stereocenters. The molecule has 3 rings (SSSR count). The molecule has 176 valence electrons. The van der Waals surface area contributed by atoms with Crippen LogP contribution in [0.5, 0.6) is 0 Å². The fourth-order valence-corrected chi connectivity index (χ4v) is 18.9. The Morgan fingerprint density at radius 2 is 1.55 bits per heavy atom. The Morgan fingerprint density at radius 3 is 2.13 bits per heavy atom. The van der Waals surface area contributed by atoms with Gasteiger partial charge in [-0.05, 0) is 0 Å². The van der Waals surface area contributed by atoms with Gasteiger partial charge in [-0.3, -0.25) is 0 Å². The summed E-state index contributed by atoms with van der Waals surface area (Å²) in [7, 11) is 0. The van der Waals surface area contributed by atoms with E-state index in [1.165, 1.54) is 51.8 Å². The maximum absolute atomic E-state index is 11.2. The van der Waals surface area contributed by atoms with Crippen LogP contribution in [0.1, 0.15) is 64.9 Å². The van der Waals surface area contributed by atoms with E-state index in [1.807, 2.05) is 18.2 Å². The predicted molar refractivity (Wildman–Crippen MR) is 125 cm³/mol. The monoisotopic (exact) mass is 542 g/mol. The fourth-order valence-electron chi connectivity index (χ4n) is 4.77. The number of fused-ring (bicyclic) bond motifs is 2. The van der Waals surface area contributed by atoms with E-state index in [0.717, 1.165) is 5.56 Å². The van der Waals surface area contributed by atoms with E-state index in [2.05, 4.69) is 32.9 Å². The first-order chi connectivity index (χ1) is 15.1. The van der Waals surface area contributed by atoms with Gasteiger partial charge in [-0.2, -0.15) is 0 Å². The number of unbranched alkanes of at least 4 members (excludes halogenated alkanes) is 3. The van der Waals surface area contributed by atoms with Gasteiger partial charge in [0, 0.05) is 0 Å². The first-order valence-corrected chi connectivity index (χ1v) is 19.6. The van der Waals surface area contributed by atoms with Crippen molar-refractivity contribution in [2.75, 3.05) is 6.61 Å². The summed E-state index contributed by atoms with van der Waals surface area (Å²) in [6.07, 6.45) is 5.06. The van der Waals surface area contributed by atoms with E-state index >= 15 is 0 Å². The number of aliphatic hydroxyl groups is 1. The number of ether oxygens (including phenoxy) is 3. The average Bonchev–Trinajstić information content (AvgIpc) is 3.25. The summed E-state index contributed by atoms with van der Waals surface area (Å²) in [5.41, 5.74) is 1.11. The standard InChI is InChI=1S/C13H15O5.3C4H9.Sn/c14-10-9-7-17-13(18-9)12(11(10)15)16-6-8-4-2-1-3-5-8;3*1-3-4-2;/h1-5,9-14H,6-7H2;3*1,3-4H2,2H3;/q-1;;;;+1/t9-,10+,11+,12-,13-;;;;/m1..../s1. The number of hydrogen-bond acceptors (Lipinski definition) is 5. The van der Waals surface area contributed by atoms with E-state index in [9.17, 15) is 5.11 Å². The molecule has 0 aromatic heterocycles. The summed E-state index contributed by atoms with van der Waals surface area (Å²) >= 11 is -2.94. The Morgan fingerprint density at radius 1 is 0.935 bits per heavy atom. The molecule has 0 radical (unpaired) electrons. The molecular formula is C25H42O5Sn. The first-order valence-electron chi connectivity index (χ1n) is 12.4. The van der Waals surface area contributed by atoms with Crippen molar-refractivity contribution in [3.8, 4) is 0 Å². The van der Waals surface area contributed by atoms with Gasteiger partial charge in [-0.15, -0.1) is 0 Å². The van der Waals surface area contributed by atoms with Crippen LogP contribution < -0.4 is 0 Å². The van der Waals surface area contributed by atoms with Gasteiger partial charge < -0.3 is 0 Å². The van der Waals surface area contributed by atoms with E-state index in [-0.39, 0.29) is 12.2 Å². The predicted octanol–water partition coefficient (Wildman–Crippen LogP) is 5.42. The SMILES string of the molecule is CCC[CH2][Sn]([CH2]CCC)([CH2]CCC)[O][C@H]1[C@@H](O)[C@H]2CO[C@H](O2)[C@@H]1OCc1ccccc1. The van der Waals surface area contributed by atoms with Crippen molar-refractivity contribution in [2.45, 2.75) is 110 Å². The van der Waals surface area contributed by atoms with E-state index in [1.54, 1.807) is 0 Å². The second kappa shape index (κ2) is 12.9. The summed E-state index contributed by atoms with van der Waals surface area (Å²) in [6.45, 7) is 7.67. The summed E-state index contributed by atoms with van der Waals surface area (Å²) in [5.74, 6) is 0. The Bertz CT molecular complexity index is 606. The molecule has 1 N–H and O–H groups in total. The molecule has 0 unspecified atom stereocenters. The minimum atomic E-state index is -2.94. The van der Waals surface area contributed by atoms with Crippen molar-refractivity contribution >= 4 is 18.8 Å². The second-order valence-electron chi connectivity index (χ2n) is 9.20. The van der Waals surface area contributed by atoms with Crippen LogP contribution in [0.25, 0.3) is 0 Å². The van der Waals surface area contributed by atoms with Gasteiger partial charge in [0.05, 0.1) is 0 Å². The third-order valence-electron chi connectivity index (χ3n) is 6.67. The van der Waals surface area contributed by atoms with Gasteiger partial charge in [0.15, 0.2) is 0 Å². The Labute approximate surface area is 193 Å². The average molecular weight is 541 g/mol. The molecule has 0 spiro atoms. The molecule has 2 aliphatic heterocycles. The number of benzene rings is 1. The van der Waals surface area contributed by atoms with Crippen molar-refractivity contribution < 1.29 is 22.4 Å². The molecule has 0 aliphatic carbocycles. The quantitative estimate of drug-likeness (QED) is 0.319. The summed E-state index contributed by atoms with van der Waals surface area (Å²) in [4.78, 5) is 0. The molecule has 0 saturated carbocycles. The summed E-state index contributed by atoms with van der Waals surface area (Å²) in [6, 6.07) is 10.2. The molecule has 6 heteroatoms. The Hall–Kier alpha value is -0.181. The molecule has 31 heavy (non-hydrogen) atoms. The van der Waals surface area contributed by atoms with E-state index in [0.29, 0.717) is 13.2 Å². The van der Waals surface area contributed by atoms with Crippen molar-refractivity contribution in [3.63, 3.8) is 0 Å². The molecule has 2 fully saturated rings. The van der Waals surface area contributed by atoms with Crippen LogP contribution in [0.15, 0.2) is 30.3 Å². The van der Waals surface area contributed by atoms with Crippen LogP contribution in [0.2, 0.25) is 13.3 Å². The van der Waals surface area contributed by atoms with Crippen LogP contribution in [0, 0.1) is 0 Å².